The number of rotatable bonds is 3. The van der Waals surface area contributed by atoms with E-state index in [1.165, 1.54) is 17.7 Å². The van der Waals surface area contributed by atoms with Crippen LogP contribution >= 0.6 is 0 Å². The van der Waals surface area contributed by atoms with Crippen molar-refractivity contribution >= 4 is 17.5 Å². The van der Waals surface area contributed by atoms with Gasteiger partial charge in [0.2, 0.25) is 0 Å². The molecule has 0 saturated carbocycles. The van der Waals surface area contributed by atoms with Gasteiger partial charge in [-0.2, -0.15) is 0 Å². The first kappa shape index (κ1) is 16.1. The lowest BCUT2D eigenvalue weighted by Crippen LogP contribution is -2.43. The van der Waals surface area contributed by atoms with Gasteiger partial charge in [0.1, 0.15) is 17.3 Å². The zero-order valence-electron chi connectivity index (χ0n) is 13.3. The Morgan fingerprint density at radius 3 is 2.83 bits per heavy atom. The lowest BCUT2D eigenvalue weighted by Gasteiger charge is -2.20. The average molecular weight is 331 g/mol. The molecule has 0 aliphatic carbocycles. The van der Waals surface area contributed by atoms with Crippen LogP contribution in [0.3, 0.4) is 0 Å². The van der Waals surface area contributed by atoms with Crippen molar-refractivity contribution in [2.45, 2.75) is 25.5 Å². The second kappa shape index (κ2) is 6.04. The van der Waals surface area contributed by atoms with Crippen LogP contribution in [0, 0.1) is 6.92 Å². The summed E-state index contributed by atoms with van der Waals surface area (Å²) < 4.78 is 6.44. The van der Waals surface area contributed by atoms with Crippen molar-refractivity contribution in [2.75, 3.05) is 13.7 Å². The standard InChI is InChI=1S/C16H17N3O5/c1-9-3-4-18-13(5-9)17-7-11(14(18)20)15(21)19-8-10(24-2)6-12(19)16(22)23/h3-5,7,10,12H,6,8H2,1-2H3,(H,22,23). The van der Waals surface area contributed by atoms with E-state index in [0.717, 1.165) is 10.5 Å². The van der Waals surface area contributed by atoms with Gasteiger partial charge in [0, 0.05) is 32.5 Å². The summed E-state index contributed by atoms with van der Waals surface area (Å²) in [6.07, 6.45) is 2.58. The van der Waals surface area contributed by atoms with Gasteiger partial charge in [-0.25, -0.2) is 9.78 Å². The second-order valence-corrected chi connectivity index (χ2v) is 5.81. The molecule has 8 heteroatoms. The molecule has 8 nitrogen and oxygen atoms in total. The van der Waals surface area contributed by atoms with Crippen molar-refractivity contribution in [2.24, 2.45) is 0 Å². The smallest absolute Gasteiger partial charge is 0.326 e. The van der Waals surface area contributed by atoms with Crippen molar-refractivity contribution < 1.29 is 19.4 Å². The van der Waals surface area contributed by atoms with Crippen LogP contribution in [0.2, 0.25) is 0 Å². The average Bonchev–Trinajstić information content (AvgIpc) is 2.99. The Labute approximate surface area is 137 Å². The van der Waals surface area contributed by atoms with E-state index in [0.29, 0.717) is 5.65 Å². The van der Waals surface area contributed by atoms with Gasteiger partial charge in [-0.15, -0.1) is 0 Å². The van der Waals surface area contributed by atoms with Gasteiger partial charge in [-0.1, -0.05) is 0 Å². The van der Waals surface area contributed by atoms with Crippen molar-refractivity contribution in [1.82, 2.24) is 14.3 Å². The molecule has 0 bridgehead atoms. The number of hydrogen-bond acceptors (Lipinski definition) is 5. The normalized spacial score (nSPS) is 20.5. The zero-order chi connectivity index (χ0) is 17.4. The molecule has 1 aliphatic rings. The molecular weight excluding hydrogens is 314 g/mol. The lowest BCUT2D eigenvalue weighted by molar-refractivity contribution is -0.141. The number of aryl methyl sites for hydroxylation is 1. The molecule has 1 amide bonds. The quantitative estimate of drug-likeness (QED) is 0.869. The van der Waals surface area contributed by atoms with Crippen molar-refractivity contribution in [3.05, 3.63) is 46.0 Å². The summed E-state index contributed by atoms with van der Waals surface area (Å²) >= 11 is 0. The van der Waals surface area contributed by atoms with Gasteiger partial charge in [-0.05, 0) is 24.6 Å². The van der Waals surface area contributed by atoms with E-state index in [4.69, 9.17) is 4.74 Å². The summed E-state index contributed by atoms with van der Waals surface area (Å²) in [5, 5.41) is 9.32. The fourth-order valence-corrected chi connectivity index (χ4v) is 2.90. The molecule has 0 aromatic carbocycles. The molecule has 1 N–H and O–H groups in total. The largest absolute Gasteiger partial charge is 0.480 e. The minimum Gasteiger partial charge on any atom is -0.480 e. The molecule has 126 valence electrons. The lowest BCUT2D eigenvalue weighted by atomic mass is 10.2. The first-order valence-corrected chi connectivity index (χ1v) is 7.47. The molecule has 24 heavy (non-hydrogen) atoms. The van der Waals surface area contributed by atoms with Crippen LogP contribution in [0.15, 0.2) is 29.3 Å². The predicted molar refractivity (Wildman–Crippen MR) is 84.1 cm³/mol. The second-order valence-electron chi connectivity index (χ2n) is 5.81. The van der Waals surface area contributed by atoms with Crippen molar-refractivity contribution in [3.8, 4) is 0 Å². The minimum atomic E-state index is -1.12. The number of carboxylic acid groups (broad SMARTS) is 1. The van der Waals surface area contributed by atoms with Crippen LogP contribution in [0.25, 0.3) is 5.65 Å². The minimum absolute atomic E-state index is 0.127. The summed E-state index contributed by atoms with van der Waals surface area (Å²) in [5.74, 6) is -1.76. The van der Waals surface area contributed by atoms with Gasteiger partial charge in [-0.3, -0.25) is 14.0 Å². The maximum atomic E-state index is 12.7. The van der Waals surface area contributed by atoms with Gasteiger partial charge < -0.3 is 14.7 Å². The van der Waals surface area contributed by atoms with E-state index >= 15 is 0 Å². The molecule has 3 heterocycles. The number of aliphatic carboxylic acids is 1. The van der Waals surface area contributed by atoms with E-state index in [1.54, 1.807) is 18.3 Å². The van der Waals surface area contributed by atoms with Gasteiger partial charge in [0.15, 0.2) is 0 Å². The summed E-state index contributed by atoms with van der Waals surface area (Å²) in [6, 6.07) is 2.45. The summed E-state index contributed by atoms with van der Waals surface area (Å²) in [4.78, 5) is 42.0. The highest BCUT2D eigenvalue weighted by Crippen LogP contribution is 2.22. The van der Waals surface area contributed by atoms with E-state index in [9.17, 15) is 19.5 Å². The number of hydrogen-bond donors (Lipinski definition) is 1. The maximum absolute atomic E-state index is 12.7. The Morgan fingerprint density at radius 1 is 1.42 bits per heavy atom. The monoisotopic (exact) mass is 331 g/mol. The van der Waals surface area contributed by atoms with Crippen LogP contribution in [-0.4, -0.2) is 57.1 Å². The molecule has 2 atom stereocenters. The number of ether oxygens (including phenoxy) is 1. The number of likely N-dealkylation sites (tertiary alicyclic amines) is 1. The number of nitrogens with zero attached hydrogens (tertiary/aromatic N) is 3. The third kappa shape index (κ3) is 2.65. The number of carboxylic acids is 1. The number of carbonyl (C=O) groups excluding carboxylic acids is 1. The highest BCUT2D eigenvalue weighted by atomic mass is 16.5. The van der Waals surface area contributed by atoms with Crippen LogP contribution in [-0.2, 0) is 9.53 Å². The summed E-state index contributed by atoms with van der Waals surface area (Å²) in [7, 11) is 1.46. The van der Waals surface area contributed by atoms with Gasteiger partial charge in [0.25, 0.3) is 11.5 Å². The molecule has 1 saturated heterocycles. The number of amides is 1. The highest BCUT2D eigenvalue weighted by Gasteiger charge is 2.40. The Morgan fingerprint density at radius 2 is 2.17 bits per heavy atom. The number of pyridine rings is 1. The first-order chi connectivity index (χ1) is 11.4. The van der Waals surface area contributed by atoms with Gasteiger partial charge in [0.05, 0.1) is 6.10 Å². The third-order valence-corrected chi connectivity index (χ3v) is 4.24. The predicted octanol–water partition coefficient (Wildman–Crippen LogP) is 0.317. The number of fused-ring (bicyclic) bond motifs is 1. The van der Waals surface area contributed by atoms with E-state index in [2.05, 4.69) is 4.98 Å². The zero-order valence-corrected chi connectivity index (χ0v) is 13.3. The van der Waals surface area contributed by atoms with Crippen LogP contribution in [0.4, 0.5) is 0 Å². The summed E-state index contributed by atoms with van der Waals surface area (Å²) in [5.41, 5.74) is 0.700. The van der Waals surface area contributed by atoms with Crippen LogP contribution in [0.1, 0.15) is 22.3 Å². The fourth-order valence-electron chi connectivity index (χ4n) is 2.90. The molecule has 1 fully saturated rings. The molecule has 0 spiro atoms. The molecular formula is C16H17N3O5. The van der Waals surface area contributed by atoms with Crippen LogP contribution in [0.5, 0.6) is 0 Å². The summed E-state index contributed by atoms with van der Waals surface area (Å²) in [6.45, 7) is 2.00. The van der Waals surface area contributed by atoms with Crippen molar-refractivity contribution in [3.63, 3.8) is 0 Å². The van der Waals surface area contributed by atoms with E-state index in [-0.39, 0.29) is 24.6 Å². The van der Waals surface area contributed by atoms with E-state index in [1.807, 2.05) is 6.92 Å². The Kier molecular flexibility index (Phi) is 4.06. The number of aromatic nitrogens is 2. The van der Waals surface area contributed by atoms with Crippen LogP contribution < -0.4 is 5.56 Å². The molecule has 2 aromatic rings. The highest BCUT2D eigenvalue weighted by molar-refractivity contribution is 5.96. The van der Waals surface area contributed by atoms with E-state index < -0.39 is 23.5 Å². The Bertz CT molecular complexity index is 876. The number of methoxy groups -OCH3 is 1. The molecule has 3 rings (SSSR count). The van der Waals surface area contributed by atoms with Gasteiger partial charge >= 0.3 is 5.97 Å². The first-order valence-electron chi connectivity index (χ1n) is 7.47. The third-order valence-electron chi connectivity index (χ3n) is 4.24. The topological polar surface area (TPSA) is 101 Å². The maximum Gasteiger partial charge on any atom is 0.326 e. The molecule has 2 unspecified atom stereocenters. The van der Waals surface area contributed by atoms with Crippen molar-refractivity contribution in [1.29, 1.82) is 0 Å². The fraction of sp³-hybridized carbons (Fsp3) is 0.375. The molecule has 0 radical (unpaired) electrons. The Balaban J connectivity index is 2.02. The number of carbonyl (C=O) groups is 2. The SMILES string of the molecule is COC1CC(C(=O)O)N(C(=O)c2cnc3cc(C)ccn3c2=O)C1. The molecule has 2 aromatic heterocycles. The Hall–Kier alpha value is -2.74. The molecule has 1 aliphatic heterocycles.